The van der Waals surface area contributed by atoms with Gasteiger partial charge < -0.3 is 15.7 Å². The number of nitrogens with zero attached hydrogens (tertiary/aromatic N) is 2. The zero-order valence-corrected chi connectivity index (χ0v) is 18.7. The molecule has 2 aliphatic heterocycles. The van der Waals surface area contributed by atoms with Gasteiger partial charge in [-0.15, -0.1) is 0 Å². The van der Waals surface area contributed by atoms with Gasteiger partial charge in [-0.25, -0.2) is 4.79 Å². The highest BCUT2D eigenvalue weighted by Gasteiger charge is 2.43. The zero-order chi connectivity index (χ0) is 22.7. The lowest BCUT2D eigenvalue weighted by Crippen LogP contribution is -2.45. The third-order valence-corrected chi connectivity index (χ3v) is 7.70. The molecule has 0 aromatic heterocycles. The van der Waals surface area contributed by atoms with Gasteiger partial charge in [0, 0.05) is 24.9 Å². The van der Waals surface area contributed by atoms with Crippen LogP contribution in [0.4, 0.5) is 0 Å². The molecule has 4 rings (SSSR count). The molecule has 1 aliphatic carbocycles. The Morgan fingerprint density at radius 3 is 2.25 bits per heavy atom. The van der Waals surface area contributed by atoms with Gasteiger partial charge in [-0.2, -0.15) is 0 Å². The second-order valence-corrected chi connectivity index (χ2v) is 9.74. The van der Waals surface area contributed by atoms with Gasteiger partial charge in [-0.3, -0.25) is 14.5 Å². The number of amides is 1. The molecule has 32 heavy (non-hydrogen) atoms. The van der Waals surface area contributed by atoms with Crippen LogP contribution in [0, 0.1) is 11.8 Å². The molecule has 0 spiro atoms. The van der Waals surface area contributed by atoms with E-state index in [1.54, 1.807) is 12.1 Å². The third-order valence-electron chi connectivity index (χ3n) is 7.70. The fourth-order valence-corrected chi connectivity index (χ4v) is 5.70. The Morgan fingerprint density at radius 2 is 1.66 bits per heavy atom. The fraction of sp³-hybridized carbons (Fsp3) is 0.640. The number of benzene rings is 1. The minimum Gasteiger partial charge on any atom is -0.478 e. The summed E-state index contributed by atoms with van der Waals surface area (Å²) in [5, 5.41) is 9.09. The van der Waals surface area contributed by atoms with Gasteiger partial charge in [-0.05, 0) is 88.2 Å². The van der Waals surface area contributed by atoms with Gasteiger partial charge in [0.15, 0.2) is 5.78 Å². The average Bonchev–Trinajstić information content (AvgIpc) is 3.49. The third kappa shape index (κ3) is 5.04. The van der Waals surface area contributed by atoms with Crippen molar-refractivity contribution in [3.63, 3.8) is 0 Å². The van der Waals surface area contributed by atoms with Crippen molar-refractivity contribution in [2.24, 2.45) is 17.6 Å². The van der Waals surface area contributed by atoms with E-state index in [1.165, 1.54) is 25.0 Å². The van der Waals surface area contributed by atoms with Crippen LogP contribution >= 0.6 is 0 Å². The van der Waals surface area contributed by atoms with Crippen molar-refractivity contribution in [3.8, 4) is 0 Å². The van der Waals surface area contributed by atoms with Crippen molar-refractivity contribution in [2.45, 2.75) is 63.5 Å². The van der Waals surface area contributed by atoms with Crippen molar-refractivity contribution in [2.75, 3.05) is 26.2 Å². The van der Waals surface area contributed by atoms with Crippen molar-refractivity contribution < 1.29 is 19.5 Å². The molecule has 1 aromatic rings. The molecule has 3 N–H and O–H groups in total. The standard InChI is InChI=1S/C25H35N3O4/c26-15-18-5-7-19(8-6-18)24(30)28-16-21(27-11-1-2-12-27)14-22(28)23(29)13-17-3-9-20(10-4-17)25(31)32/h3-4,9-10,18-19,21-22H,1-2,5-8,11-16,26H2,(H,31,32)/t18?,19?,21-,22-/m0/s1. The van der Waals surface area contributed by atoms with Crippen molar-refractivity contribution >= 4 is 17.7 Å². The van der Waals surface area contributed by atoms with Crippen LogP contribution in [0.1, 0.15) is 60.9 Å². The van der Waals surface area contributed by atoms with Gasteiger partial charge in [0.1, 0.15) is 0 Å². The number of Topliss-reactive ketones (excluding diaryl/α,β-unsaturated/α-hetero) is 1. The molecule has 2 heterocycles. The molecule has 174 valence electrons. The summed E-state index contributed by atoms with van der Waals surface area (Å²) in [4.78, 5) is 42.3. The Morgan fingerprint density at radius 1 is 1.00 bits per heavy atom. The van der Waals surface area contributed by atoms with Crippen LogP contribution in [0.25, 0.3) is 0 Å². The molecule has 0 bridgehead atoms. The van der Waals surface area contributed by atoms with E-state index in [1.807, 2.05) is 4.90 Å². The maximum absolute atomic E-state index is 13.5. The van der Waals surface area contributed by atoms with Crippen molar-refractivity contribution in [1.82, 2.24) is 9.80 Å². The van der Waals surface area contributed by atoms with Crippen LogP contribution in [0.3, 0.4) is 0 Å². The number of ketones is 1. The highest BCUT2D eigenvalue weighted by molar-refractivity contribution is 5.92. The first-order chi connectivity index (χ1) is 15.5. The molecule has 1 amide bonds. The molecular weight excluding hydrogens is 406 g/mol. The monoisotopic (exact) mass is 441 g/mol. The second-order valence-electron chi connectivity index (χ2n) is 9.74. The lowest BCUT2D eigenvalue weighted by molar-refractivity contribution is -0.141. The van der Waals surface area contributed by atoms with E-state index in [0.717, 1.165) is 44.3 Å². The molecule has 1 aromatic carbocycles. The van der Waals surface area contributed by atoms with Crippen molar-refractivity contribution in [3.05, 3.63) is 35.4 Å². The summed E-state index contributed by atoms with van der Waals surface area (Å²) >= 11 is 0. The second kappa shape index (κ2) is 10.1. The number of likely N-dealkylation sites (tertiary alicyclic amines) is 2. The number of carboxylic acid groups (broad SMARTS) is 1. The summed E-state index contributed by atoms with van der Waals surface area (Å²) in [5.74, 6) is -0.268. The Bertz CT molecular complexity index is 826. The van der Waals surface area contributed by atoms with E-state index in [9.17, 15) is 14.4 Å². The molecule has 0 radical (unpaired) electrons. The van der Waals surface area contributed by atoms with E-state index in [2.05, 4.69) is 4.90 Å². The number of hydrogen-bond donors (Lipinski definition) is 2. The molecule has 3 aliphatic rings. The van der Waals surface area contributed by atoms with E-state index in [-0.39, 0.29) is 41.7 Å². The number of carbonyl (C=O) groups excluding carboxylic acids is 2. The van der Waals surface area contributed by atoms with Crippen LogP contribution in [-0.2, 0) is 16.0 Å². The molecule has 3 fully saturated rings. The summed E-state index contributed by atoms with van der Waals surface area (Å²) in [6.45, 7) is 3.42. The van der Waals surface area contributed by atoms with Crippen molar-refractivity contribution in [1.29, 1.82) is 0 Å². The Labute approximate surface area is 189 Å². The van der Waals surface area contributed by atoms with Crippen LogP contribution in [0.2, 0.25) is 0 Å². The first-order valence-corrected chi connectivity index (χ1v) is 12.1. The number of nitrogens with two attached hydrogens (primary N) is 1. The molecule has 1 saturated carbocycles. The summed E-state index contributed by atoms with van der Waals surface area (Å²) in [6, 6.07) is 6.34. The zero-order valence-electron chi connectivity index (χ0n) is 18.7. The van der Waals surface area contributed by atoms with E-state index in [4.69, 9.17) is 10.8 Å². The fourth-order valence-electron chi connectivity index (χ4n) is 5.70. The summed E-state index contributed by atoms with van der Waals surface area (Å²) < 4.78 is 0. The molecule has 0 unspecified atom stereocenters. The average molecular weight is 442 g/mol. The lowest BCUT2D eigenvalue weighted by atomic mass is 9.81. The maximum Gasteiger partial charge on any atom is 0.335 e. The Kier molecular flexibility index (Phi) is 7.26. The molecular formula is C25H35N3O4. The lowest BCUT2D eigenvalue weighted by Gasteiger charge is -2.32. The SMILES string of the molecule is NCC1CCC(C(=O)N2C[C@@H](N3CCCC3)C[C@H]2C(=O)Cc2ccc(C(=O)O)cc2)CC1. The molecule has 7 heteroatoms. The number of hydrogen-bond acceptors (Lipinski definition) is 5. The van der Waals surface area contributed by atoms with E-state index in [0.29, 0.717) is 25.4 Å². The topological polar surface area (TPSA) is 104 Å². The largest absolute Gasteiger partial charge is 0.478 e. The Balaban J connectivity index is 1.46. The molecule has 7 nitrogen and oxygen atoms in total. The Hall–Kier alpha value is -2.25. The summed E-state index contributed by atoms with van der Waals surface area (Å²) in [7, 11) is 0. The highest BCUT2D eigenvalue weighted by atomic mass is 16.4. The van der Waals surface area contributed by atoms with Gasteiger partial charge >= 0.3 is 5.97 Å². The van der Waals surface area contributed by atoms with E-state index >= 15 is 0 Å². The van der Waals surface area contributed by atoms with Gasteiger partial charge in [0.2, 0.25) is 5.91 Å². The molecule has 2 saturated heterocycles. The van der Waals surface area contributed by atoms with Gasteiger partial charge in [0.25, 0.3) is 0 Å². The number of aromatic carboxylic acids is 1. The number of rotatable bonds is 7. The maximum atomic E-state index is 13.5. The van der Waals surface area contributed by atoms with Gasteiger partial charge in [0.05, 0.1) is 11.6 Å². The van der Waals surface area contributed by atoms with Crippen LogP contribution in [0.5, 0.6) is 0 Å². The summed E-state index contributed by atoms with van der Waals surface area (Å²) in [6.07, 6.45) is 7.00. The minimum atomic E-state index is -0.978. The van der Waals surface area contributed by atoms with Gasteiger partial charge in [-0.1, -0.05) is 12.1 Å². The quantitative estimate of drug-likeness (QED) is 0.673. The predicted octanol–water partition coefficient (Wildman–Crippen LogP) is 2.33. The smallest absolute Gasteiger partial charge is 0.335 e. The van der Waals surface area contributed by atoms with Crippen LogP contribution < -0.4 is 5.73 Å². The van der Waals surface area contributed by atoms with Crippen LogP contribution in [0.15, 0.2) is 24.3 Å². The number of carboxylic acids is 1. The first-order valence-electron chi connectivity index (χ1n) is 12.1. The summed E-state index contributed by atoms with van der Waals surface area (Å²) in [5.41, 5.74) is 6.82. The van der Waals surface area contributed by atoms with Crippen LogP contribution in [-0.4, -0.2) is 70.8 Å². The normalized spacial score (nSPS) is 28.7. The predicted molar refractivity (Wildman–Crippen MR) is 121 cm³/mol. The number of carbonyl (C=O) groups is 3. The minimum absolute atomic E-state index is 0.000258. The van der Waals surface area contributed by atoms with E-state index < -0.39 is 5.97 Å². The molecule has 2 atom stereocenters. The highest BCUT2D eigenvalue weighted by Crippen LogP contribution is 2.33. The first kappa shape index (κ1) is 22.9.